The van der Waals surface area contributed by atoms with Crippen molar-refractivity contribution < 1.29 is 4.39 Å². The lowest BCUT2D eigenvalue weighted by atomic mass is 10.2. The van der Waals surface area contributed by atoms with Crippen LogP contribution in [0.3, 0.4) is 0 Å². The van der Waals surface area contributed by atoms with Crippen molar-refractivity contribution in [2.75, 3.05) is 0 Å². The highest BCUT2D eigenvalue weighted by molar-refractivity contribution is 7.71. The minimum atomic E-state index is -0.191. The molecule has 2 aromatic rings. The normalized spacial score (nSPS) is 10.7. The van der Waals surface area contributed by atoms with Gasteiger partial charge in [0.05, 0.1) is 0 Å². The number of halogens is 1. The predicted octanol–water partition coefficient (Wildman–Crippen LogP) is 3.54. The van der Waals surface area contributed by atoms with E-state index in [1.807, 2.05) is 10.8 Å². The maximum Gasteiger partial charge on any atom is 0.182 e. The molecule has 0 bridgehead atoms. The van der Waals surface area contributed by atoms with Gasteiger partial charge in [-0.25, -0.2) is 4.39 Å². The van der Waals surface area contributed by atoms with E-state index in [4.69, 9.17) is 12.2 Å². The molecule has 0 fully saturated rings. The Morgan fingerprint density at radius 1 is 1.44 bits per heavy atom. The lowest BCUT2D eigenvalue weighted by molar-refractivity contribution is 0.618. The number of H-pyrrole nitrogens is 1. The van der Waals surface area contributed by atoms with Gasteiger partial charge in [0, 0.05) is 17.6 Å². The van der Waals surface area contributed by atoms with E-state index in [1.165, 1.54) is 6.07 Å². The molecule has 0 aliphatic heterocycles. The zero-order chi connectivity index (χ0) is 11.7. The maximum atomic E-state index is 13.2. The zero-order valence-corrected chi connectivity index (χ0v) is 10.1. The van der Waals surface area contributed by atoms with Crippen LogP contribution in [-0.4, -0.2) is 9.55 Å². The number of aromatic amines is 1. The Hall–Kier alpha value is -1.42. The van der Waals surface area contributed by atoms with Crippen molar-refractivity contribution >= 4 is 12.2 Å². The summed E-state index contributed by atoms with van der Waals surface area (Å²) < 4.78 is 15.8. The van der Waals surface area contributed by atoms with Gasteiger partial charge in [-0.15, -0.1) is 0 Å². The standard InChI is InChI=1S/C12H13FN2S/c1-3-9-7-14-12(16)15(9)10-4-5-11(13)8(2)6-10/h4-7H,3H2,1-2H3,(H,14,16). The van der Waals surface area contributed by atoms with Crippen LogP contribution in [0, 0.1) is 17.5 Å². The lowest BCUT2D eigenvalue weighted by Crippen LogP contribution is -2.00. The fraction of sp³-hybridized carbons (Fsp3) is 0.250. The minimum absolute atomic E-state index is 0.191. The number of hydrogen-bond acceptors (Lipinski definition) is 1. The smallest absolute Gasteiger partial charge is 0.182 e. The third kappa shape index (κ3) is 1.80. The van der Waals surface area contributed by atoms with Crippen molar-refractivity contribution in [3.63, 3.8) is 0 Å². The number of aryl methyl sites for hydroxylation is 2. The third-order valence-electron chi connectivity index (χ3n) is 2.61. The molecule has 0 saturated heterocycles. The monoisotopic (exact) mass is 236 g/mol. The van der Waals surface area contributed by atoms with E-state index in [0.29, 0.717) is 10.3 Å². The number of imidazole rings is 1. The molecule has 16 heavy (non-hydrogen) atoms. The van der Waals surface area contributed by atoms with Crippen LogP contribution >= 0.6 is 12.2 Å². The average Bonchev–Trinajstić information content (AvgIpc) is 2.64. The van der Waals surface area contributed by atoms with Crippen molar-refractivity contribution in [2.45, 2.75) is 20.3 Å². The minimum Gasteiger partial charge on any atom is -0.337 e. The molecule has 1 heterocycles. The number of benzene rings is 1. The van der Waals surface area contributed by atoms with Crippen LogP contribution < -0.4 is 0 Å². The molecule has 0 atom stereocenters. The van der Waals surface area contributed by atoms with E-state index in [9.17, 15) is 4.39 Å². The molecular weight excluding hydrogens is 223 g/mol. The molecule has 2 rings (SSSR count). The summed E-state index contributed by atoms with van der Waals surface area (Å²) >= 11 is 5.21. The first-order chi connectivity index (χ1) is 7.63. The topological polar surface area (TPSA) is 20.7 Å². The fourth-order valence-corrected chi connectivity index (χ4v) is 2.00. The van der Waals surface area contributed by atoms with Gasteiger partial charge in [0.25, 0.3) is 0 Å². The summed E-state index contributed by atoms with van der Waals surface area (Å²) in [4.78, 5) is 3.00. The van der Waals surface area contributed by atoms with Crippen LogP contribution in [0.1, 0.15) is 18.2 Å². The molecule has 2 nitrogen and oxygen atoms in total. The van der Waals surface area contributed by atoms with Crippen molar-refractivity contribution in [2.24, 2.45) is 0 Å². The summed E-state index contributed by atoms with van der Waals surface area (Å²) in [6.07, 6.45) is 2.77. The Bertz CT molecular complexity index is 569. The molecule has 1 N–H and O–H groups in total. The van der Waals surface area contributed by atoms with Gasteiger partial charge in [0.15, 0.2) is 4.77 Å². The quantitative estimate of drug-likeness (QED) is 0.791. The first kappa shape index (κ1) is 11.1. The first-order valence-corrected chi connectivity index (χ1v) is 5.60. The maximum absolute atomic E-state index is 13.2. The van der Waals surface area contributed by atoms with Gasteiger partial charge >= 0.3 is 0 Å². The van der Waals surface area contributed by atoms with E-state index in [-0.39, 0.29) is 5.82 Å². The first-order valence-electron chi connectivity index (χ1n) is 5.19. The molecule has 0 amide bonds. The molecule has 0 saturated carbocycles. The van der Waals surface area contributed by atoms with Crippen LogP contribution in [0.15, 0.2) is 24.4 Å². The van der Waals surface area contributed by atoms with E-state index in [1.54, 1.807) is 19.1 Å². The largest absolute Gasteiger partial charge is 0.337 e. The predicted molar refractivity (Wildman–Crippen MR) is 65.0 cm³/mol. The molecule has 0 aliphatic rings. The van der Waals surface area contributed by atoms with Gasteiger partial charge < -0.3 is 4.98 Å². The van der Waals surface area contributed by atoms with E-state index >= 15 is 0 Å². The second kappa shape index (κ2) is 4.22. The second-order valence-corrected chi connectivity index (χ2v) is 4.09. The molecule has 1 aromatic carbocycles. The molecular formula is C12H13FN2S. The fourth-order valence-electron chi connectivity index (χ4n) is 1.72. The number of nitrogens with zero attached hydrogens (tertiary/aromatic N) is 1. The lowest BCUT2D eigenvalue weighted by Gasteiger charge is -2.08. The molecule has 0 radical (unpaired) electrons. The van der Waals surface area contributed by atoms with Crippen LogP contribution in [0.5, 0.6) is 0 Å². The van der Waals surface area contributed by atoms with E-state index in [2.05, 4.69) is 11.9 Å². The SMILES string of the molecule is CCc1c[nH]c(=S)n1-c1ccc(F)c(C)c1. The van der Waals surface area contributed by atoms with Crippen LogP contribution in [0.2, 0.25) is 0 Å². The van der Waals surface area contributed by atoms with Crippen LogP contribution in [0.25, 0.3) is 5.69 Å². The van der Waals surface area contributed by atoms with Crippen LogP contribution in [0.4, 0.5) is 4.39 Å². The summed E-state index contributed by atoms with van der Waals surface area (Å²) in [5, 5.41) is 0. The number of nitrogens with one attached hydrogen (secondary N) is 1. The van der Waals surface area contributed by atoms with Crippen molar-refractivity contribution in [3.8, 4) is 5.69 Å². The van der Waals surface area contributed by atoms with Gasteiger partial charge in [0.1, 0.15) is 5.82 Å². The van der Waals surface area contributed by atoms with Gasteiger partial charge in [-0.05, 0) is 49.3 Å². The average molecular weight is 236 g/mol. The summed E-state index contributed by atoms with van der Waals surface area (Å²) in [6, 6.07) is 5.02. The van der Waals surface area contributed by atoms with E-state index < -0.39 is 0 Å². The molecule has 84 valence electrons. The summed E-state index contributed by atoms with van der Waals surface area (Å²) in [5.74, 6) is -0.191. The third-order valence-corrected chi connectivity index (χ3v) is 2.91. The molecule has 0 spiro atoms. The zero-order valence-electron chi connectivity index (χ0n) is 9.25. The van der Waals surface area contributed by atoms with Crippen molar-refractivity contribution in [1.82, 2.24) is 9.55 Å². The Morgan fingerprint density at radius 3 is 2.81 bits per heavy atom. The molecule has 1 aromatic heterocycles. The summed E-state index contributed by atoms with van der Waals surface area (Å²) in [7, 11) is 0. The Balaban J connectivity index is 2.62. The Kier molecular flexibility index (Phi) is 2.92. The van der Waals surface area contributed by atoms with Crippen molar-refractivity contribution in [1.29, 1.82) is 0 Å². The van der Waals surface area contributed by atoms with Crippen molar-refractivity contribution in [3.05, 3.63) is 46.2 Å². The highest BCUT2D eigenvalue weighted by Gasteiger charge is 2.06. The number of hydrogen-bond donors (Lipinski definition) is 1. The van der Waals surface area contributed by atoms with Gasteiger partial charge in [-0.1, -0.05) is 6.92 Å². The van der Waals surface area contributed by atoms with Gasteiger partial charge in [-0.3, -0.25) is 4.57 Å². The second-order valence-electron chi connectivity index (χ2n) is 3.71. The Morgan fingerprint density at radius 2 is 2.19 bits per heavy atom. The Labute approximate surface area is 98.7 Å². The van der Waals surface area contributed by atoms with Gasteiger partial charge in [-0.2, -0.15) is 0 Å². The summed E-state index contributed by atoms with van der Waals surface area (Å²) in [6.45, 7) is 3.81. The highest BCUT2D eigenvalue weighted by atomic mass is 32.1. The number of aromatic nitrogens is 2. The van der Waals surface area contributed by atoms with Gasteiger partial charge in [0.2, 0.25) is 0 Å². The molecule has 0 unspecified atom stereocenters. The van der Waals surface area contributed by atoms with E-state index in [0.717, 1.165) is 17.8 Å². The highest BCUT2D eigenvalue weighted by Crippen LogP contribution is 2.16. The molecule has 0 aliphatic carbocycles. The van der Waals surface area contributed by atoms with Crippen LogP contribution in [-0.2, 0) is 6.42 Å². The molecule has 4 heteroatoms. The number of rotatable bonds is 2. The summed E-state index contributed by atoms with van der Waals surface area (Å²) in [5.41, 5.74) is 2.63.